The monoisotopic (exact) mass is 225 g/mol. The van der Waals surface area contributed by atoms with Gasteiger partial charge in [0.05, 0.1) is 0 Å². The van der Waals surface area contributed by atoms with Crippen LogP contribution in [0.3, 0.4) is 0 Å². The first-order valence-electron chi connectivity index (χ1n) is 5.19. The highest BCUT2D eigenvalue weighted by atomic mass is 19.4. The van der Waals surface area contributed by atoms with Crippen LogP contribution in [0.15, 0.2) is 0 Å². The fourth-order valence-corrected chi connectivity index (χ4v) is 1.35. The van der Waals surface area contributed by atoms with Gasteiger partial charge in [0.2, 0.25) is 0 Å². The van der Waals surface area contributed by atoms with Gasteiger partial charge in [0.25, 0.3) is 0 Å². The summed E-state index contributed by atoms with van der Waals surface area (Å²) in [4.78, 5) is 11.2. The van der Waals surface area contributed by atoms with E-state index in [-0.39, 0.29) is 31.1 Å². The van der Waals surface area contributed by atoms with Gasteiger partial charge in [-0.15, -0.1) is 0 Å². The molecular weight excluding hydrogens is 207 g/mol. The summed E-state index contributed by atoms with van der Waals surface area (Å²) in [5.41, 5.74) is 5.60. The van der Waals surface area contributed by atoms with Crippen LogP contribution in [0.1, 0.15) is 45.4 Å². The van der Waals surface area contributed by atoms with Gasteiger partial charge >= 0.3 is 6.18 Å². The molecule has 0 amide bonds. The van der Waals surface area contributed by atoms with Crippen molar-refractivity contribution >= 4 is 5.78 Å². The molecule has 0 saturated carbocycles. The Morgan fingerprint density at radius 2 is 2.00 bits per heavy atom. The highest BCUT2D eigenvalue weighted by Gasteiger charge is 2.26. The van der Waals surface area contributed by atoms with Crippen LogP contribution in [0.5, 0.6) is 0 Å². The van der Waals surface area contributed by atoms with Crippen molar-refractivity contribution in [2.45, 2.75) is 57.7 Å². The fourth-order valence-electron chi connectivity index (χ4n) is 1.35. The van der Waals surface area contributed by atoms with E-state index in [1.807, 2.05) is 6.92 Å². The molecule has 0 aliphatic rings. The van der Waals surface area contributed by atoms with Gasteiger partial charge in [0.1, 0.15) is 5.78 Å². The first kappa shape index (κ1) is 14.4. The molecule has 0 heterocycles. The average Bonchev–Trinajstić information content (AvgIpc) is 2.01. The summed E-state index contributed by atoms with van der Waals surface area (Å²) >= 11 is 0. The number of nitrogens with two attached hydrogens (primary N) is 1. The Bertz CT molecular complexity index is 192. The van der Waals surface area contributed by atoms with E-state index in [9.17, 15) is 18.0 Å². The molecule has 0 aromatic heterocycles. The molecule has 0 aromatic carbocycles. The SMILES string of the molecule is CCCC(N)CC(=O)CCCC(F)(F)F. The molecule has 0 radical (unpaired) electrons. The molecule has 5 heteroatoms. The summed E-state index contributed by atoms with van der Waals surface area (Å²) < 4.78 is 35.3. The lowest BCUT2D eigenvalue weighted by Gasteiger charge is -2.09. The molecule has 15 heavy (non-hydrogen) atoms. The predicted molar refractivity (Wildman–Crippen MR) is 52.4 cm³/mol. The molecule has 2 N–H and O–H groups in total. The Morgan fingerprint density at radius 3 is 2.47 bits per heavy atom. The van der Waals surface area contributed by atoms with Gasteiger partial charge in [-0.25, -0.2) is 0 Å². The lowest BCUT2D eigenvalue weighted by atomic mass is 10.0. The number of hydrogen-bond acceptors (Lipinski definition) is 2. The van der Waals surface area contributed by atoms with E-state index in [0.29, 0.717) is 0 Å². The summed E-state index contributed by atoms with van der Waals surface area (Å²) in [5, 5.41) is 0. The van der Waals surface area contributed by atoms with Gasteiger partial charge in [-0.05, 0) is 12.8 Å². The molecular formula is C10H18F3NO. The van der Waals surface area contributed by atoms with E-state index >= 15 is 0 Å². The summed E-state index contributed by atoms with van der Waals surface area (Å²) in [6, 6.07) is -0.201. The maximum Gasteiger partial charge on any atom is 0.389 e. The number of carbonyl (C=O) groups excluding carboxylic acids is 1. The summed E-state index contributed by atoms with van der Waals surface area (Å²) in [7, 11) is 0. The number of Topliss-reactive ketones (excluding diaryl/α,β-unsaturated/α-hetero) is 1. The Hall–Kier alpha value is -0.580. The highest BCUT2D eigenvalue weighted by Crippen LogP contribution is 2.22. The lowest BCUT2D eigenvalue weighted by Crippen LogP contribution is -2.23. The lowest BCUT2D eigenvalue weighted by molar-refractivity contribution is -0.137. The third-order valence-electron chi connectivity index (χ3n) is 2.07. The minimum atomic E-state index is -4.16. The van der Waals surface area contributed by atoms with Crippen LogP contribution in [0, 0.1) is 0 Å². The number of carbonyl (C=O) groups is 1. The number of ketones is 1. The zero-order chi connectivity index (χ0) is 11.9. The van der Waals surface area contributed by atoms with Crippen molar-refractivity contribution in [3.8, 4) is 0 Å². The fraction of sp³-hybridized carbons (Fsp3) is 0.900. The van der Waals surface area contributed by atoms with Crippen LogP contribution < -0.4 is 5.73 Å². The van der Waals surface area contributed by atoms with E-state index in [1.165, 1.54) is 0 Å². The smallest absolute Gasteiger partial charge is 0.327 e. The summed E-state index contributed by atoms with van der Waals surface area (Å²) in [6.45, 7) is 1.95. The van der Waals surface area contributed by atoms with Crippen LogP contribution in [0.25, 0.3) is 0 Å². The van der Waals surface area contributed by atoms with Gasteiger partial charge in [0, 0.05) is 25.3 Å². The van der Waals surface area contributed by atoms with Crippen molar-refractivity contribution in [3.63, 3.8) is 0 Å². The Balaban J connectivity index is 3.58. The molecule has 0 fully saturated rings. The maximum absolute atomic E-state index is 11.8. The van der Waals surface area contributed by atoms with Gasteiger partial charge < -0.3 is 5.73 Å². The van der Waals surface area contributed by atoms with E-state index < -0.39 is 12.6 Å². The minimum absolute atomic E-state index is 0.0169. The standard InChI is InChI=1S/C10H18F3NO/c1-2-4-8(14)7-9(15)5-3-6-10(11,12)13/h8H,2-7,14H2,1H3. The number of rotatable bonds is 7. The topological polar surface area (TPSA) is 43.1 Å². The molecule has 0 aliphatic carbocycles. The second-order valence-electron chi connectivity index (χ2n) is 3.76. The number of hydrogen-bond donors (Lipinski definition) is 1. The predicted octanol–water partition coefficient (Wildman–Crippen LogP) is 2.81. The van der Waals surface area contributed by atoms with Crippen molar-refractivity contribution in [2.24, 2.45) is 5.73 Å². The Morgan fingerprint density at radius 1 is 1.40 bits per heavy atom. The molecule has 0 spiro atoms. The van der Waals surface area contributed by atoms with Gasteiger partial charge in [-0.1, -0.05) is 13.3 Å². The van der Waals surface area contributed by atoms with Crippen molar-refractivity contribution in [1.82, 2.24) is 0 Å². The molecule has 1 atom stereocenters. The van der Waals surface area contributed by atoms with Crippen LogP contribution in [-0.2, 0) is 4.79 Å². The summed E-state index contributed by atoms with van der Waals surface area (Å²) in [6.07, 6.45) is -3.36. The average molecular weight is 225 g/mol. The second-order valence-corrected chi connectivity index (χ2v) is 3.76. The molecule has 0 rings (SSSR count). The summed E-state index contributed by atoms with van der Waals surface area (Å²) in [5.74, 6) is -0.166. The van der Waals surface area contributed by atoms with E-state index in [4.69, 9.17) is 5.73 Å². The molecule has 0 bridgehead atoms. The Labute approximate surface area is 88.0 Å². The van der Waals surface area contributed by atoms with Gasteiger partial charge in [0.15, 0.2) is 0 Å². The maximum atomic E-state index is 11.8. The first-order chi connectivity index (χ1) is 6.85. The van der Waals surface area contributed by atoms with Gasteiger partial charge in [-0.2, -0.15) is 13.2 Å². The molecule has 1 unspecified atom stereocenters. The molecule has 0 saturated heterocycles. The largest absolute Gasteiger partial charge is 0.389 e. The Kier molecular flexibility index (Phi) is 6.56. The van der Waals surface area contributed by atoms with Crippen molar-refractivity contribution in [3.05, 3.63) is 0 Å². The minimum Gasteiger partial charge on any atom is -0.327 e. The molecule has 2 nitrogen and oxygen atoms in total. The van der Waals surface area contributed by atoms with Gasteiger partial charge in [-0.3, -0.25) is 4.79 Å². The molecule has 0 aromatic rings. The second kappa shape index (κ2) is 6.82. The quantitative estimate of drug-likeness (QED) is 0.724. The van der Waals surface area contributed by atoms with Crippen molar-refractivity contribution < 1.29 is 18.0 Å². The van der Waals surface area contributed by atoms with Crippen LogP contribution in [0.2, 0.25) is 0 Å². The highest BCUT2D eigenvalue weighted by molar-refractivity contribution is 5.78. The van der Waals surface area contributed by atoms with E-state index in [2.05, 4.69) is 0 Å². The third kappa shape index (κ3) is 9.72. The van der Waals surface area contributed by atoms with E-state index in [1.54, 1.807) is 0 Å². The molecule has 0 aliphatic heterocycles. The first-order valence-corrected chi connectivity index (χ1v) is 5.19. The van der Waals surface area contributed by atoms with Crippen LogP contribution in [0.4, 0.5) is 13.2 Å². The normalized spacial score (nSPS) is 13.9. The van der Waals surface area contributed by atoms with Crippen molar-refractivity contribution in [2.75, 3.05) is 0 Å². The van der Waals surface area contributed by atoms with Crippen LogP contribution in [-0.4, -0.2) is 18.0 Å². The van der Waals surface area contributed by atoms with E-state index in [0.717, 1.165) is 12.8 Å². The number of alkyl halides is 3. The third-order valence-corrected chi connectivity index (χ3v) is 2.07. The van der Waals surface area contributed by atoms with Crippen LogP contribution >= 0.6 is 0 Å². The zero-order valence-electron chi connectivity index (χ0n) is 8.94. The molecule has 90 valence electrons. The zero-order valence-corrected chi connectivity index (χ0v) is 8.94. The number of halogens is 3. The van der Waals surface area contributed by atoms with Crippen molar-refractivity contribution in [1.29, 1.82) is 0 Å².